The summed E-state index contributed by atoms with van der Waals surface area (Å²) in [4.78, 5) is 0. The van der Waals surface area contributed by atoms with Crippen molar-refractivity contribution in [1.29, 1.82) is 0 Å². The van der Waals surface area contributed by atoms with Gasteiger partial charge in [0.05, 0.1) is 16.7 Å². The van der Waals surface area contributed by atoms with E-state index in [2.05, 4.69) is 228 Å². The minimum Gasteiger partial charge on any atom is -0.310 e. The van der Waals surface area contributed by atoms with Gasteiger partial charge in [-0.3, -0.25) is 0 Å². The minimum atomic E-state index is 1.19. The number of nitrogens with zero attached hydrogens (tertiary/aromatic N) is 2. The smallest absolute Gasteiger partial charge is 0.141 e. The van der Waals surface area contributed by atoms with Gasteiger partial charge in [0, 0.05) is 53.1 Å². The Hall–Kier alpha value is -6.75. The number of aromatic nitrogens is 2. The molecule has 0 radical (unpaired) electrons. The number of hydrogen-bond acceptors (Lipinski definition) is 1. The maximum atomic E-state index is 2.57. The van der Waals surface area contributed by atoms with E-state index >= 15 is 0 Å². The monoisotopic (exact) mass is 826 g/mol. The first-order valence-corrected chi connectivity index (χ1v) is 23.3. The highest BCUT2D eigenvalue weighted by Gasteiger charge is 2.26. The zero-order valence-electron chi connectivity index (χ0n) is 37.4. The zero-order valence-corrected chi connectivity index (χ0v) is 38.2. The highest BCUT2D eigenvalue weighted by atomic mass is 32.1. The standard InChI is InChI=1S/C54H41B7N2S/c55-46-41(47(56)51(60)53-44(46)45-48(57)49(58)50(59)52(61)54(45)62(53)32-24-21-29(22-25-32)28-11-3-1-4-12-28)31-23-26-36-35(27-31)42-33(30-13-5-2-6-14-30)16-9-17-37(42)63(36)38-18-10-20-40-43(38)34-15-7-8-19-39(34)64-40/h1-27H,55-61H2. The SMILES string of the molecule is Bc1c(B)c(B)c2c(c1B)c1c(B)c(-c3ccc4c(c3)c3c(-c5ccccc5)cccc3n4-c3cccc4sc5ccccc5c34)c(B)c(B)c1n2-c1ccc(-c2ccccc2)cc1. The van der Waals surface area contributed by atoms with Gasteiger partial charge in [-0.2, -0.15) is 0 Å². The van der Waals surface area contributed by atoms with Gasteiger partial charge < -0.3 is 9.13 Å². The second kappa shape index (κ2) is 14.7. The lowest BCUT2D eigenvalue weighted by molar-refractivity contribution is 1.19. The van der Waals surface area contributed by atoms with E-state index in [4.69, 9.17) is 0 Å². The molecule has 0 unspecified atom stereocenters. The van der Waals surface area contributed by atoms with Crippen molar-refractivity contribution in [2.24, 2.45) is 0 Å². The number of fused-ring (bicyclic) bond motifs is 9. The molecular weight excluding hydrogens is 784 g/mol. The van der Waals surface area contributed by atoms with Crippen molar-refractivity contribution >= 4 is 168 Å². The van der Waals surface area contributed by atoms with Crippen LogP contribution in [0.15, 0.2) is 164 Å². The first-order valence-electron chi connectivity index (χ1n) is 22.4. The summed E-state index contributed by atoms with van der Waals surface area (Å²) in [7, 11) is 16.3. The Morgan fingerprint density at radius 1 is 0.344 bits per heavy atom. The van der Waals surface area contributed by atoms with Gasteiger partial charge in [0.1, 0.15) is 54.9 Å². The molecule has 12 rings (SSSR count). The van der Waals surface area contributed by atoms with E-state index in [1.54, 1.807) is 0 Å². The summed E-state index contributed by atoms with van der Waals surface area (Å²) in [6.07, 6.45) is 0. The van der Waals surface area contributed by atoms with Gasteiger partial charge in [-0.05, 0) is 87.3 Å². The summed E-state index contributed by atoms with van der Waals surface area (Å²) >= 11 is 1.88. The fourth-order valence-electron chi connectivity index (χ4n) is 11.1. The summed E-state index contributed by atoms with van der Waals surface area (Å²) in [5.41, 5.74) is 24.4. The van der Waals surface area contributed by atoms with Crippen LogP contribution >= 0.6 is 11.3 Å². The maximum Gasteiger partial charge on any atom is 0.141 e. The molecule has 3 heterocycles. The Morgan fingerprint density at radius 3 is 1.69 bits per heavy atom. The lowest BCUT2D eigenvalue weighted by atomic mass is 9.64. The topological polar surface area (TPSA) is 9.86 Å². The second-order valence-electron chi connectivity index (χ2n) is 17.8. The van der Waals surface area contributed by atoms with Crippen molar-refractivity contribution in [3.05, 3.63) is 164 Å². The van der Waals surface area contributed by atoms with Crippen LogP contribution in [0.5, 0.6) is 0 Å². The van der Waals surface area contributed by atoms with Crippen LogP contribution in [0.3, 0.4) is 0 Å². The van der Waals surface area contributed by atoms with Crippen molar-refractivity contribution in [3.8, 4) is 44.8 Å². The second-order valence-corrected chi connectivity index (χ2v) is 18.9. The van der Waals surface area contributed by atoms with Gasteiger partial charge >= 0.3 is 0 Å². The van der Waals surface area contributed by atoms with E-state index in [0.717, 1.165) is 0 Å². The summed E-state index contributed by atoms with van der Waals surface area (Å²) in [6, 6.07) is 60.6. The fraction of sp³-hybridized carbons (Fsp3) is 0. The summed E-state index contributed by atoms with van der Waals surface area (Å²) < 4.78 is 7.73. The van der Waals surface area contributed by atoms with Gasteiger partial charge in [-0.25, -0.2) is 0 Å². The summed E-state index contributed by atoms with van der Waals surface area (Å²) in [5.74, 6) is 0. The highest BCUT2D eigenvalue weighted by molar-refractivity contribution is 7.25. The molecule has 10 heteroatoms. The van der Waals surface area contributed by atoms with Crippen molar-refractivity contribution in [2.45, 2.75) is 0 Å². The Kier molecular flexibility index (Phi) is 8.91. The Labute approximate surface area is 383 Å². The third-order valence-electron chi connectivity index (χ3n) is 14.6. The molecule has 0 amide bonds. The van der Waals surface area contributed by atoms with Crippen LogP contribution in [0.2, 0.25) is 0 Å². The molecule has 0 aliphatic rings. The van der Waals surface area contributed by atoms with E-state index < -0.39 is 0 Å². The number of thiophene rings is 1. The quantitative estimate of drug-likeness (QED) is 0.237. The molecule has 0 saturated carbocycles. The molecule has 2 nitrogen and oxygen atoms in total. The van der Waals surface area contributed by atoms with E-state index in [9.17, 15) is 0 Å². The number of benzene rings is 9. The maximum absolute atomic E-state index is 2.57. The van der Waals surface area contributed by atoms with Gasteiger partial charge in [-0.15, -0.1) is 16.8 Å². The molecule has 0 spiro atoms. The van der Waals surface area contributed by atoms with E-state index in [-0.39, 0.29) is 0 Å². The lowest BCUT2D eigenvalue weighted by Gasteiger charge is -2.19. The largest absolute Gasteiger partial charge is 0.310 e. The zero-order chi connectivity index (χ0) is 43.5. The average Bonchev–Trinajstić information content (AvgIpc) is 4.01. The Bertz CT molecular complexity index is 3910. The van der Waals surface area contributed by atoms with Gasteiger partial charge in [-0.1, -0.05) is 148 Å². The third kappa shape index (κ3) is 5.55. The normalized spacial score (nSPS) is 11.9. The average molecular weight is 826 g/mol. The first kappa shape index (κ1) is 38.9. The summed E-state index contributed by atoms with van der Waals surface area (Å²) in [6.45, 7) is 0. The molecule has 64 heavy (non-hydrogen) atoms. The van der Waals surface area contributed by atoms with Crippen LogP contribution in [0.1, 0.15) is 0 Å². The molecule has 0 atom stereocenters. The Morgan fingerprint density at radius 2 is 0.938 bits per heavy atom. The molecule has 9 aromatic carbocycles. The molecular formula is C54H41B7N2S. The predicted molar refractivity (Wildman–Crippen MR) is 302 cm³/mol. The number of rotatable bonds is 5. The lowest BCUT2D eigenvalue weighted by Crippen LogP contribution is -2.48. The molecule has 0 saturated heterocycles. The number of hydrogen-bond donors (Lipinski definition) is 0. The molecule has 0 fully saturated rings. The molecule has 0 aliphatic carbocycles. The van der Waals surface area contributed by atoms with Gasteiger partial charge in [0.15, 0.2) is 0 Å². The first-order chi connectivity index (χ1) is 31.2. The molecule has 12 aromatic rings. The molecule has 0 bridgehead atoms. The highest BCUT2D eigenvalue weighted by Crippen LogP contribution is 2.44. The van der Waals surface area contributed by atoms with Crippen LogP contribution in [0.4, 0.5) is 0 Å². The van der Waals surface area contributed by atoms with Gasteiger partial charge in [0.25, 0.3) is 0 Å². The minimum absolute atomic E-state index is 1.19. The van der Waals surface area contributed by atoms with Gasteiger partial charge in [0.2, 0.25) is 0 Å². The summed E-state index contributed by atoms with van der Waals surface area (Å²) in [5, 5.41) is 7.88. The Balaban J connectivity index is 1.16. The van der Waals surface area contributed by atoms with Crippen molar-refractivity contribution in [2.75, 3.05) is 0 Å². The van der Waals surface area contributed by atoms with Crippen LogP contribution in [0, 0.1) is 0 Å². The third-order valence-corrected chi connectivity index (χ3v) is 15.8. The van der Waals surface area contributed by atoms with Crippen molar-refractivity contribution < 1.29 is 0 Å². The molecule has 294 valence electrons. The van der Waals surface area contributed by atoms with Crippen LogP contribution < -0.4 is 38.2 Å². The fourth-order valence-corrected chi connectivity index (χ4v) is 12.2. The predicted octanol–water partition coefficient (Wildman–Crippen LogP) is 3.06. The molecule has 3 aromatic heterocycles. The molecule has 0 N–H and O–H groups in total. The van der Waals surface area contributed by atoms with E-state index in [0.29, 0.717) is 0 Å². The van der Waals surface area contributed by atoms with E-state index in [1.165, 1.54) is 147 Å². The van der Waals surface area contributed by atoms with Crippen LogP contribution in [-0.4, -0.2) is 64.1 Å². The molecule has 0 aliphatic heterocycles. The van der Waals surface area contributed by atoms with Crippen LogP contribution in [-0.2, 0) is 0 Å². The van der Waals surface area contributed by atoms with E-state index in [1.807, 2.05) is 11.3 Å². The van der Waals surface area contributed by atoms with Crippen molar-refractivity contribution in [1.82, 2.24) is 9.13 Å². The van der Waals surface area contributed by atoms with Crippen molar-refractivity contribution in [3.63, 3.8) is 0 Å². The van der Waals surface area contributed by atoms with Crippen LogP contribution in [0.25, 0.3) is 109 Å².